The van der Waals surface area contributed by atoms with Crippen LogP contribution < -0.4 is 0 Å². The predicted octanol–water partition coefficient (Wildman–Crippen LogP) is 7.58. The van der Waals surface area contributed by atoms with Crippen molar-refractivity contribution in [2.45, 2.75) is 180 Å². The molecule has 0 aromatic carbocycles. The second-order valence-corrected chi connectivity index (χ2v) is 11.4. The number of aliphatic hydroxyl groups excluding tert-OH is 2. The van der Waals surface area contributed by atoms with E-state index in [1.54, 1.807) is 0 Å². The topological polar surface area (TPSA) is 58.9 Å². The Labute approximate surface area is 211 Å². The SMILES string of the molecule is CCCCC(CC)CCC[C@@H](O)[C@H]1CC[C@H]([C@H]2CC[C@H]([C@H](O)CCCC(CC)CCCC)O2)O1. The first-order valence-electron chi connectivity index (χ1n) is 15.2. The lowest BCUT2D eigenvalue weighted by atomic mass is 9.92. The Bertz CT molecular complexity index is 454. The van der Waals surface area contributed by atoms with Gasteiger partial charge in [-0.2, -0.15) is 0 Å². The fourth-order valence-electron chi connectivity index (χ4n) is 6.19. The van der Waals surface area contributed by atoms with Gasteiger partial charge in [0.05, 0.1) is 36.6 Å². The number of unbranched alkanes of at least 4 members (excludes halogenated alkanes) is 2. The van der Waals surface area contributed by atoms with E-state index in [1.807, 2.05) is 0 Å². The molecule has 2 rings (SSSR count). The zero-order chi connectivity index (χ0) is 24.8. The minimum atomic E-state index is -0.351. The molecule has 2 aliphatic rings. The van der Waals surface area contributed by atoms with Crippen molar-refractivity contribution < 1.29 is 19.7 Å². The largest absolute Gasteiger partial charge is 0.390 e. The first-order valence-corrected chi connectivity index (χ1v) is 15.2. The van der Waals surface area contributed by atoms with Crippen LogP contribution in [-0.4, -0.2) is 46.8 Å². The molecule has 0 aromatic heterocycles. The Hall–Kier alpha value is -0.160. The molecular weight excluding hydrogens is 424 g/mol. The van der Waals surface area contributed by atoms with Crippen LogP contribution in [0.4, 0.5) is 0 Å². The van der Waals surface area contributed by atoms with E-state index in [2.05, 4.69) is 27.7 Å². The van der Waals surface area contributed by atoms with Gasteiger partial charge in [0.2, 0.25) is 0 Å². The van der Waals surface area contributed by atoms with Crippen LogP contribution in [0.1, 0.15) is 143 Å². The molecule has 4 nitrogen and oxygen atoms in total. The summed E-state index contributed by atoms with van der Waals surface area (Å²) >= 11 is 0. The molecule has 2 fully saturated rings. The third-order valence-electron chi connectivity index (χ3n) is 8.75. The standard InChI is InChI=1S/C30H58O4/c1-5-9-13-23(7-3)15-11-17-25(31)27-19-21-29(33-27)30-22-20-28(34-30)26(32)18-12-16-24(8-4)14-10-6-2/h23-32H,5-22H2,1-4H3/t23?,24?,25-,26-,27-,28-,29-,30-/m1/s1. The summed E-state index contributed by atoms with van der Waals surface area (Å²) in [5.74, 6) is 1.62. The van der Waals surface area contributed by atoms with Crippen LogP contribution >= 0.6 is 0 Å². The molecule has 0 bridgehead atoms. The molecule has 2 aliphatic heterocycles. The average molecular weight is 483 g/mol. The van der Waals surface area contributed by atoms with E-state index in [0.29, 0.717) is 0 Å². The lowest BCUT2D eigenvalue weighted by Crippen LogP contribution is -2.33. The van der Waals surface area contributed by atoms with Gasteiger partial charge in [0, 0.05) is 0 Å². The Morgan fingerprint density at radius 3 is 1.29 bits per heavy atom. The molecular formula is C30H58O4. The maximum atomic E-state index is 10.7. The van der Waals surface area contributed by atoms with E-state index in [4.69, 9.17) is 9.47 Å². The molecule has 0 aliphatic carbocycles. The smallest absolute Gasteiger partial charge is 0.0842 e. The van der Waals surface area contributed by atoms with E-state index >= 15 is 0 Å². The molecule has 8 atom stereocenters. The third-order valence-corrected chi connectivity index (χ3v) is 8.75. The van der Waals surface area contributed by atoms with Crippen molar-refractivity contribution in [2.24, 2.45) is 11.8 Å². The van der Waals surface area contributed by atoms with Crippen LogP contribution in [0, 0.1) is 11.8 Å². The van der Waals surface area contributed by atoms with Gasteiger partial charge in [0.1, 0.15) is 0 Å². The van der Waals surface area contributed by atoms with Crippen LogP contribution in [0.15, 0.2) is 0 Å². The van der Waals surface area contributed by atoms with E-state index in [-0.39, 0.29) is 36.6 Å². The highest BCUT2D eigenvalue weighted by Crippen LogP contribution is 2.35. The summed E-state index contributed by atoms with van der Waals surface area (Å²) in [6.45, 7) is 9.11. The molecule has 0 spiro atoms. The lowest BCUT2D eigenvalue weighted by Gasteiger charge is -2.24. The maximum Gasteiger partial charge on any atom is 0.0842 e. The second-order valence-electron chi connectivity index (χ2n) is 11.4. The summed E-state index contributed by atoms with van der Waals surface area (Å²) < 4.78 is 12.6. The second kappa shape index (κ2) is 17.3. The normalized spacial score (nSPS) is 28.8. The molecule has 0 amide bonds. The van der Waals surface area contributed by atoms with Crippen LogP contribution in [0.3, 0.4) is 0 Å². The van der Waals surface area contributed by atoms with Gasteiger partial charge in [0.25, 0.3) is 0 Å². The molecule has 2 unspecified atom stereocenters. The van der Waals surface area contributed by atoms with Gasteiger partial charge >= 0.3 is 0 Å². The monoisotopic (exact) mass is 482 g/mol. The Morgan fingerprint density at radius 1 is 0.559 bits per heavy atom. The summed E-state index contributed by atoms with van der Waals surface area (Å²) in [6, 6.07) is 0. The molecule has 2 heterocycles. The summed E-state index contributed by atoms with van der Waals surface area (Å²) in [4.78, 5) is 0. The van der Waals surface area contributed by atoms with Crippen LogP contribution in [0.25, 0.3) is 0 Å². The van der Waals surface area contributed by atoms with Crippen molar-refractivity contribution in [3.05, 3.63) is 0 Å². The van der Waals surface area contributed by atoms with E-state index < -0.39 is 0 Å². The molecule has 0 aromatic rings. The average Bonchev–Trinajstić information content (AvgIpc) is 3.53. The zero-order valence-corrected chi connectivity index (χ0v) is 23.1. The highest BCUT2D eigenvalue weighted by atomic mass is 16.6. The van der Waals surface area contributed by atoms with E-state index in [9.17, 15) is 10.2 Å². The quantitative estimate of drug-likeness (QED) is 0.199. The molecule has 202 valence electrons. The number of hydrogen-bond acceptors (Lipinski definition) is 4. The van der Waals surface area contributed by atoms with Crippen molar-refractivity contribution in [3.63, 3.8) is 0 Å². The number of aliphatic hydroxyl groups is 2. The number of ether oxygens (including phenoxy) is 2. The van der Waals surface area contributed by atoms with E-state index in [0.717, 1.165) is 63.2 Å². The molecule has 2 saturated heterocycles. The molecule has 4 heteroatoms. The first kappa shape index (κ1) is 30.1. The van der Waals surface area contributed by atoms with Crippen molar-refractivity contribution in [1.29, 1.82) is 0 Å². The third kappa shape index (κ3) is 10.4. The van der Waals surface area contributed by atoms with Gasteiger partial charge in [-0.15, -0.1) is 0 Å². The summed E-state index contributed by atoms with van der Waals surface area (Å²) in [7, 11) is 0. The Balaban J connectivity index is 1.64. The first-order chi connectivity index (χ1) is 16.5. The van der Waals surface area contributed by atoms with Crippen LogP contribution in [0.2, 0.25) is 0 Å². The fraction of sp³-hybridized carbons (Fsp3) is 1.00. The Kier molecular flexibility index (Phi) is 15.3. The maximum absolute atomic E-state index is 10.7. The minimum absolute atomic E-state index is 0.0395. The van der Waals surface area contributed by atoms with Crippen LogP contribution in [-0.2, 0) is 9.47 Å². The highest BCUT2D eigenvalue weighted by molar-refractivity contribution is 4.89. The summed E-state index contributed by atoms with van der Waals surface area (Å²) in [6.07, 6.45) is 19.9. The van der Waals surface area contributed by atoms with Crippen LogP contribution in [0.5, 0.6) is 0 Å². The lowest BCUT2D eigenvalue weighted by molar-refractivity contribution is -0.110. The van der Waals surface area contributed by atoms with Gasteiger partial charge in [-0.25, -0.2) is 0 Å². The molecule has 0 radical (unpaired) electrons. The van der Waals surface area contributed by atoms with E-state index in [1.165, 1.54) is 64.2 Å². The summed E-state index contributed by atoms with van der Waals surface area (Å²) in [5, 5.41) is 21.4. The Morgan fingerprint density at radius 2 is 0.941 bits per heavy atom. The van der Waals surface area contributed by atoms with Crippen molar-refractivity contribution in [2.75, 3.05) is 0 Å². The zero-order valence-electron chi connectivity index (χ0n) is 23.1. The summed E-state index contributed by atoms with van der Waals surface area (Å²) in [5.41, 5.74) is 0. The van der Waals surface area contributed by atoms with Gasteiger partial charge in [-0.3, -0.25) is 0 Å². The van der Waals surface area contributed by atoms with Crippen molar-refractivity contribution >= 4 is 0 Å². The van der Waals surface area contributed by atoms with Crippen molar-refractivity contribution in [1.82, 2.24) is 0 Å². The highest BCUT2D eigenvalue weighted by Gasteiger charge is 2.40. The molecule has 2 N–H and O–H groups in total. The minimum Gasteiger partial charge on any atom is -0.390 e. The van der Waals surface area contributed by atoms with Gasteiger partial charge in [-0.1, -0.05) is 105 Å². The fourth-order valence-corrected chi connectivity index (χ4v) is 6.19. The molecule has 0 saturated carbocycles. The molecule has 34 heavy (non-hydrogen) atoms. The van der Waals surface area contributed by atoms with Gasteiger partial charge in [0.15, 0.2) is 0 Å². The number of rotatable bonds is 19. The predicted molar refractivity (Wildman–Crippen MR) is 142 cm³/mol. The van der Waals surface area contributed by atoms with Crippen molar-refractivity contribution in [3.8, 4) is 0 Å². The van der Waals surface area contributed by atoms with Gasteiger partial charge < -0.3 is 19.7 Å². The van der Waals surface area contributed by atoms with Gasteiger partial charge in [-0.05, 0) is 50.4 Å². The number of hydrogen-bond donors (Lipinski definition) is 2.